The highest BCUT2D eigenvalue weighted by molar-refractivity contribution is 6.20. The Hall–Kier alpha value is -1.06. The predicted octanol–water partition coefficient (Wildman–Crippen LogP) is 2.46. The van der Waals surface area contributed by atoms with Crippen LogP contribution in [0.3, 0.4) is 0 Å². The van der Waals surface area contributed by atoms with Crippen LogP contribution in [0.25, 0.3) is 0 Å². The number of hydrogen-bond donors (Lipinski definition) is 1. The maximum Gasteiger partial charge on any atom is 0.251 e. The van der Waals surface area contributed by atoms with Crippen molar-refractivity contribution in [2.45, 2.75) is 31.9 Å². The van der Waals surface area contributed by atoms with Crippen LogP contribution in [0.5, 0.6) is 0 Å². The molecule has 1 aromatic carbocycles. The first-order chi connectivity index (χ1) is 8.20. The molecule has 1 atom stereocenters. The van der Waals surface area contributed by atoms with Gasteiger partial charge in [-0.1, -0.05) is 13.0 Å². The summed E-state index contributed by atoms with van der Waals surface area (Å²) in [6.07, 6.45) is 0.847. The summed E-state index contributed by atoms with van der Waals surface area (Å²) in [5, 5.41) is 2.83. The van der Waals surface area contributed by atoms with Crippen LogP contribution >= 0.6 is 11.6 Å². The Labute approximate surface area is 106 Å². The van der Waals surface area contributed by atoms with Crippen molar-refractivity contribution in [3.8, 4) is 0 Å². The minimum absolute atomic E-state index is 0.00305. The van der Waals surface area contributed by atoms with E-state index in [1.54, 1.807) is 0 Å². The molecule has 1 aliphatic heterocycles. The maximum atomic E-state index is 11.9. The zero-order valence-corrected chi connectivity index (χ0v) is 10.6. The second-order valence-corrected chi connectivity index (χ2v) is 4.81. The molecule has 1 unspecified atom stereocenters. The zero-order valence-electron chi connectivity index (χ0n) is 9.83. The van der Waals surface area contributed by atoms with Gasteiger partial charge in [-0.15, -0.1) is 11.6 Å². The van der Waals surface area contributed by atoms with Crippen molar-refractivity contribution in [1.82, 2.24) is 5.32 Å². The largest absolute Gasteiger partial charge is 0.372 e. The highest BCUT2D eigenvalue weighted by Gasteiger charge is 2.14. The van der Waals surface area contributed by atoms with Crippen LogP contribution in [0.4, 0.5) is 0 Å². The van der Waals surface area contributed by atoms with Gasteiger partial charge in [-0.05, 0) is 29.7 Å². The van der Waals surface area contributed by atoms with Gasteiger partial charge in [0.05, 0.1) is 18.6 Å². The van der Waals surface area contributed by atoms with Crippen LogP contribution < -0.4 is 5.32 Å². The number of benzene rings is 1. The van der Waals surface area contributed by atoms with E-state index >= 15 is 0 Å². The lowest BCUT2D eigenvalue weighted by Gasteiger charge is -2.09. The van der Waals surface area contributed by atoms with Gasteiger partial charge in [-0.2, -0.15) is 0 Å². The van der Waals surface area contributed by atoms with E-state index < -0.39 is 0 Å². The van der Waals surface area contributed by atoms with Gasteiger partial charge >= 0.3 is 0 Å². The Balaban J connectivity index is 2.00. The molecular formula is C13H16ClNO2. The van der Waals surface area contributed by atoms with Crippen LogP contribution in [0.15, 0.2) is 18.2 Å². The van der Waals surface area contributed by atoms with Crippen LogP contribution in [0.1, 0.15) is 34.8 Å². The average Bonchev–Trinajstić information content (AvgIpc) is 2.82. The van der Waals surface area contributed by atoms with Gasteiger partial charge in [0.25, 0.3) is 5.91 Å². The monoisotopic (exact) mass is 253 g/mol. The number of carbonyl (C=O) groups is 1. The number of carbonyl (C=O) groups excluding carboxylic acids is 1. The molecule has 17 heavy (non-hydrogen) atoms. The fourth-order valence-electron chi connectivity index (χ4n) is 1.76. The van der Waals surface area contributed by atoms with E-state index in [0.717, 1.165) is 12.0 Å². The van der Waals surface area contributed by atoms with E-state index in [4.69, 9.17) is 16.3 Å². The molecule has 3 nitrogen and oxygen atoms in total. The lowest BCUT2D eigenvalue weighted by molar-refractivity contribution is 0.0953. The highest BCUT2D eigenvalue weighted by Crippen LogP contribution is 2.20. The minimum Gasteiger partial charge on any atom is -0.372 e. The third-order valence-corrected chi connectivity index (χ3v) is 3.37. The summed E-state index contributed by atoms with van der Waals surface area (Å²) in [6.45, 7) is 3.75. The van der Waals surface area contributed by atoms with Gasteiger partial charge < -0.3 is 10.1 Å². The number of hydrogen-bond acceptors (Lipinski definition) is 2. The van der Waals surface area contributed by atoms with Crippen LogP contribution in [0, 0.1) is 0 Å². The first kappa shape index (κ1) is 12.4. The molecule has 1 N–H and O–H groups in total. The summed E-state index contributed by atoms with van der Waals surface area (Å²) in [6, 6.07) is 5.68. The fourth-order valence-corrected chi connectivity index (χ4v) is 1.84. The molecule has 0 spiro atoms. The Morgan fingerprint density at radius 3 is 3.00 bits per heavy atom. The molecule has 92 valence electrons. The first-order valence-electron chi connectivity index (χ1n) is 5.82. The molecule has 0 saturated heterocycles. The van der Waals surface area contributed by atoms with Gasteiger partial charge in [-0.3, -0.25) is 4.79 Å². The Morgan fingerprint density at radius 2 is 2.24 bits per heavy atom. The number of amides is 1. The lowest BCUT2D eigenvalue weighted by atomic mass is 10.1. The molecule has 1 aliphatic rings. The summed E-state index contributed by atoms with van der Waals surface area (Å²) in [7, 11) is 0. The number of fused-ring (bicyclic) bond motifs is 1. The average molecular weight is 254 g/mol. The molecule has 2 rings (SSSR count). The number of rotatable bonds is 4. The number of halogens is 1. The quantitative estimate of drug-likeness (QED) is 0.838. The van der Waals surface area contributed by atoms with Gasteiger partial charge in [0.1, 0.15) is 0 Å². The molecule has 1 amide bonds. The number of nitrogens with one attached hydrogen (secondary N) is 1. The number of ether oxygens (including phenoxy) is 1. The van der Waals surface area contributed by atoms with Crippen molar-refractivity contribution in [2.75, 3.05) is 6.54 Å². The standard InChI is InChI=1S/C13H16ClNO2/c1-2-12(14)6-15-13(16)9-3-4-10-7-17-8-11(10)5-9/h3-5,12H,2,6-8H2,1H3,(H,15,16). The molecule has 4 heteroatoms. The molecule has 0 aromatic heterocycles. The van der Waals surface area contributed by atoms with Crippen molar-refractivity contribution < 1.29 is 9.53 Å². The van der Waals surface area contributed by atoms with Gasteiger partial charge in [0.15, 0.2) is 0 Å². The minimum atomic E-state index is -0.0706. The third kappa shape index (κ3) is 2.99. The second kappa shape index (κ2) is 5.52. The summed E-state index contributed by atoms with van der Waals surface area (Å²) in [5.74, 6) is -0.0706. The van der Waals surface area contributed by atoms with Gasteiger partial charge in [0, 0.05) is 12.1 Å². The molecular weight excluding hydrogens is 238 g/mol. The molecule has 0 aliphatic carbocycles. The molecule has 1 heterocycles. The summed E-state index contributed by atoms with van der Waals surface area (Å²) >= 11 is 5.96. The molecule has 0 fully saturated rings. The Bertz CT molecular complexity index is 420. The predicted molar refractivity (Wildman–Crippen MR) is 67.2 cm³/mol. The van der Waals surface area contributed by atoms with Gasteiger partial charge in [-0.25, -0.2) is 0 Å². The number of alkyl halides is 1. The van der Waals surface area contributed by atoms with E-state index in [0.29, 0.717) is 25.3 Å². The highest BCUT2D eigenvalue weighted by atomic mass is 35.5. The van der Waals surface area contributed by atoms with Crippen molar-refractivity contribution in [1.29, 1.82) is 0 Å². The molecule has 0 radical (unpaired) electrons. The summed E-state index contributed by atoms with van der Waals surface area (Å²) in [5.41, 5.74) is 2.95. The van der Waals surface area contributed by atoms with Crippen molar-refractivity contribution in [3.05, 3.63) is 34.9 Å². The summed E-state index contributed by atoms with van der Waals surface area (Å²) < 4.78 is 5.31. The van der Waals surface area contributed by atoms with Crippen molar-refractivity contribution >= 4 is 17.5 Å². The van der Waals surface area contributed by atoms with Crippen LogP contribution in [0.2, 0.25) is 0 Å². The zero-order chi connectivity index (χ0) is 12.3. The normalized spacial score (nSPS) is 15.4. The molecule has 0 bridgehead atoms. The second-order valence-electron chi connectivity index (χ2n) is 4.19. The Morgan fingerprint density at radius 1 is 1.47 bits per heavy atom. The first-order valence-corrected chi connectivity index (χ1v) is 6.26. The molecule has 1 aromatic rings. The smallest absolute Gasteiger partial charge is 0.251 e. The van der Waals surface area contributed by atoms with Crippen molar-refractivity contribution in [3.63, 3.8) is 0 Å². The van der Waals surface area contributed by atoms with Crippen LogP contribution in [-0.4, -0.2) is 17.8 Å². The van der Waals surface area contributed by atoms with Crippen molar-refractivity contribution in [2.24, 2.45) is 0 Å². The maximum absolute atomic E-state index is 11.9. The van der Waals surface area contributed by atoms with Gasteiger partial charge in [0.2, 0.25) is 0 Å². The van der Waals surface area contributed by atoms with Crippen LogP contribution in [-0.2, 0) is 18.0 Å². The fraction of sp³-hybridized carbons (Fsp3) is 0.462. The molecule has 0 saturated carbocycles. The van der Waals surface area contributed by atoms with E-state index in [-0.39, 0.29) is 11.3 Å². The Kier molecular flexibility index (Phi) is 4.02. The van der Waals surface area contributed by atoms with E-state index in [1.807, 2.05) is 25.1 Å². The lowest BCUT2D eigenvalue weighted by Crippen LogP contribution is -2.29. The third-order valence-electron chi connectivity index (χ3n) is 2.91. The van der Waals surface area contributed by atoms with E-state index in [1.165, 1.54) is 5.56 Å². The SMILES string of the molecule is CCC(Cl)CNC(=O)c1ccc2c(c1)COC2. The summed E-state index contributed by atoms with van der Waals surface area (Å²) in [4.78, 5) is 11.9. The van der Waals surface area contributed by atoms with E-state index in [9.17, 15) is 4.79 Å². The van der Waals surface area contributed by atoms with E-state index in [2.05, 4.69) is 5.32 Å². The topological polar surface area (TPSA) is 38.3 Å².